The Labute approximate surface area is 223 Å². The van der Waals surface area contributed by atoms with E-state index >= 15 is 0 Å². The van der Waals surface area contributed by atoms with Gasteiger partial charge in [-0.15, -0.1) is 0 Å². The largest absolute Gasteiger partial charge is 0.462 e. The molecule has 0 heterocycles. The highest BCUT2D eigenvalue weighted by molar-refractivity contribution is 6.13. The van der Waals surface area contributed by atoms with Crippen LogP contribution in [-0.4, -0.2) is 29.6 Å². The number of allylic oxidation sites excluding steroid dienone is 2. The third kappa shape index (κ3) is 4.84. The van der Waals surface area contributed by atoms with E-state index in [-0.39, 0.29) is 34.8 Å². The van der Waals surface area contributed by atoms with Crippen LogP contribution in [0.15, 0.2) is 54.6 Å². The lowest BCUT2D eigenvalue weighted by atomic mass is 9.55. The summed E-state index contributed by atoms with van der Waals surface area (Å²) in [6.45, 7) is 5.08. The molecule has 198 valence electrons. The molecular formula is C32H34O6. The molecule has 2 aromatic carbocycles. The number of esters is 2. The summed E-state index contributed by atoms with van der Waals surface area (Å²) in [6.07, 6.45) is 8.19. The Morgan fingerprint density at radius 1 is 0.895 bits per heavy atom. The highest BCUT2D eigenvalue weighted by atomic mass is 16.5. The van der Waals surface area contributed by atoms with E-state index in [1.165, 1.54) is 26.0 Å². The lowest BCUT2D eigenvalue weighted by Gasteiger charge is -2.50. The van der Waals surface area contributed by atoms with Gasteiger partial charge in [0.15, 0.2) is 11.6 Å². The summed E-state index contributed by atoms with van der Waals surface area (Å²) in [6, 6.07) is 12.5. The zero-order valence-corrected chi connectivity index (χ0v) is 22.2. The first-order valence-corrected chi connectivity index (χ1v) is 13.5. The van der Waals surface area contributed by atoms with E-state index in [1.807, 2.05) is 18.2 Å². The summed E-state index contributed by atoms with van der Waals surface area (Å²) >= 11 is 0. The van der Waals surface area contributed by atoms with Gasteiger partial charge in [-0.25, -0.2) is 0 Å². The zero-order chi connectivity index (χ0) is 27.0. The Balaban J connectivity index is 1.45. The number of hydrogen-bond acceptors (Lipinski definition) is 6. The number of rotatable bonds is 6. The van der Waals surface area contributed by atoms with E-state index < -0.39 is 5.97 Å². The standard InChI is InChI=1S/C32H34O6/c1-19(33)37-30-17-22-9-10-24-23(15-16-32(3)27(24)11-14-31(32)38-20(2)34)25(22)18-26(30)29(36)13-12-28(35)21-7-5-4-6-8-21/h4-8,12-13,17-18,23-24,27,31H,9-11,14-16H2,1-3H3/b13-12-/t23-,24+,27-,31-,32-/m0/s1. The van der Waals surface area contributed by atoms with Crippen LogP contribution in [0.25, 0.3) is 0 Å². The van der Waals surface area contributed by atoms with Crippen molar-refractivity contribution in [1.29, 1.82) is 0 Å². The molecule has 0 radical (unpaired) electrons. The summed E-state index contributed by atoms with van der Waals surface area (Å²) in [7, 11) is 0. The first-order valence-electron chi connectivity index (χ1n) is 13.5. The van der Waals surface area contributed by atoms with E-state index in [4.69, 9.17) is 9.47 Å². The van der Waals surface area contributed by atoms with Gasteiger partial charge in [0.25, 0.3) is 0 Å². The Bertz CT molecular complexity index is 1310. The molecule has 6 nitrogen and oxygen atoms in total. The molecule has 38 heavy (non-hydrogen) atoms. The molecule has 2 saturated carbocycles. The van der Waals surface area contributed by atoms with Crippen LogP contribution >= 0.6 is 0 Å². The highest BCUT2D eigenvalue weighted by Crippen LogP contribution is 2.61. The fraction of sp³-hybridized carbons (Fsp3) is 0.438. The second-order valence-corrected chi connectivity index (χ2v) is 11.2. The molecule has 3 aliphatic rings. The number of ketones is 2. The van der Waals surface area contributed by atoms with Crippen LogP contribution in [-0.2, 0) is 20.7 Å². The van der Waals surface area contributed by atoms with Crippen molar-refractivity contribution in [1.82, 2.24) is 0 Å². The molecule has 2 fully saturated rings. The fourth-order valence-corrected chi connectivity index (χ4v) is 7.32. The molecule has 5 rings (SSSR count). The SMILES string of the molecule is CC(=O)Oc1cc2c(cc1C(=O)/C=C\C(=O)c1ccccc1)[C@H]1CC[C@]3(C)[C@@H](OC(C)=O)CC[C@H]3[C@@H]1CC2. The Morgan fingerprint density at radius 2 is 1.63 bits per heavy atom. The number of fused-ring (bicyclic) bond motifs is 5. The molecule has 0 aromatic heterocycles. The third-order valence-electron chi connectivity index (χ3n) is 9.01. The Hall–Kier alpha value is -3.54. The summed E-state index contributed by atoms with van der Waals surface area (Å²) in [4.78, 5) is 49.5. The van der Waals surface area contributed by atoms with Gasteiger partial charge in [0, 0.05) is 24.8 Å². The van der Waals surface area contributed by atoms with Crippen molar-refractivity contribution >= 4 is 23.5 Å². The maximum Gasteiger partial charge on any atom is 0.308 e. The first kappa shape index (κ1) is 26.1. The lowest BCUT2D eigenvalue weighted by molar-refractivity contribution is -0.154. The van der Waals surface area contributed by atoms with Crippen molar-refractivity contribution < 1.29 is 28.7 Å². The van der Waals surface area contributed by atoms with E-state index in [1.54, 1.807) is 24.3 Å². The predicted molar refractivity (Wildman–Crippen MR) is 142 cm³/mol. The van der Waals surface area contributed by atoms with Crippen LogP contribution in [0.4, 0.5) is 0 Å². The monoisotopic (exact) mass is 514 g/mol. The number of carbonyl (C=O) groups is 4. The van der Waals surface area contributed by atoms with Gasteiger partial charge >= 0.3 is 11.9 Å². The van der Waals surface area contributed by atoms with Gasteiger partial charge in [-0.2, -0.15) is 0 Å². The van der Waals surface area contributed by atoms with Crippen molar-refractivity contribution in [3.63, 3.8) is 0 Å². The molecular weight excluding hydrogens is 480 g/mol. The average Bonchev–Trinajstić information content (AvgIpc) is 3.22. The van der Waals surface area contributed by atoms with Crippen LogP contribution in [0.1, 0.15) is 90.6 Å². The fourth-order valence-electron chi connectivity index (χ4n) is 7.32. The van der Waals surface area contributed by atoms with Gasteiger partial charge in [0.05, 0.1) is 5.56 Å². The van der Waals surface area contributed by atoms with Crippen molar-refractivity contribution in [2.45, 2.75) is 71.3 Å². The minimum atomic E-state index is -0.493. The summed E-state index contributed by atoms with van der Waals surface area (Å²) < 4.78 is 11.2. The van der Waals surface area contributed by atoms with Crippen molar-refractivity contribution in [2.75, 3.05) is 0 Å². The molecule has 3 aliphatic carbocycles. The molecule has 0 unspecified atom stereocenters. The molecule has 0 amide bonds. The topological polar surface area (TPSA) is 86.7 Å². The second kappa shape index (κ2) is 10.3. The van der Waals surface area contributed by atoms with Gasteiger partial charge in [0.2, 0.25) is 0 Å². The van der Waals surface area contributed by atoms with Crippen molar-refractivity contribution in [3.05, 3.63) is 76.9 Å². The van der Waals surface area contributed by atoms with Crippen LogP contribution in [0.2, 0.25) is 0 Å². The van der Waals surface area contributed by atoms with Crippen molar-refractivity contribution in [2.24, 2.45) is 17.3 Å². The van der Waals surface area contributed by atoms with Gasteiger partial charge in [0.1, 0.15) is 11.9 Å². The predicted octanol–water partition coefficient (Wildman–Crippen LogP) is 6.02. The minimum Gasteiger partial charge on any atom is -0.462 e. The van der Waals surface area contributed by atoms with E-state index in [9.17, 15) is 19.2 Å². The molecule has 5 atom stereocenters. The quantitative estimate of drug-likeness (QED) is 0.203. The minimum absolute atomic E-state index is 0.0266. The van der Waals surface area contributed by atoms with E-state index in [0.29, 0.717) is 28.9 Å². The van der Waals surface area contributed by atoms with Gasteiger partial charge < -0.3 is 9.47 Å². The molecule has 2 aromatic rings. The van der Waals surface area contributed by atoms with Gasteiger partial charge in [-0.1, -0.05) is 37.3 Å². The Kier molecular flexibility index (Phi) is 7.08. The Morgan fingerprint density at radius 3 is 2.34 bits per heavy atom. The van der Waals surface area contributed by atoms with Crippen LogP contribution in [0.5, 0.6) is 5.75 Å². The van der Waals surface area contributed by atoms with Crippen molar-refractivity contribution in [3.8, 4) is 5.75 Å². The molecule has 0 saturated heterocycles. The van der Waals surface area contributed by atoms with E-state index in [2.05, 4.69) is 6.92 Å². The number of benzene rings is 2. The summed E-state index contributed by atoms with van der Waals surface area (Å²) in [5.74, 6) is 0.0941. The number of aryl methyl sites for hydroxylation is 1. The van der Waals surface area contributed by atoms with Gasteiger partial charge in [-0.3, -0.25) is 19.2 Å². The zero-order valence-electron chi connectivity index (χ0n) is 22.2. The average molecular weight is 515 g/mol. The summed E-state index contributed by atoms with van der Waals surface area (Å²) in [5.41, 5.74) is 3.03. The molecule has 0 aliphatic heterocycles. The van der Waals surface area contributed by atoms with E-state index in [0.717, 1.165) is 49.7 Å². The second-order valence-electron chi connectivity index (χ2n) is 11.2. The van der Waals surface area contributed by atoms with Crippen LogP contribution in [0.3, 0.4) is 0 Å². The van der Waals surface area contributed by atoms with Crippen LogP contribution in [0, 0.1) is 17.3 Å². The maximum atomic E-state index is 13.3. The lowest BCUT2D eigenvalue weighted by Crippen LogP contribution is -2.45. The van der Waals surface area contributed by atoms with Gasteiger partial charge in [-0.05, 0) is 91.7 Å². The molecule has 0 bridgehead atoms. The molecule has 0 spiro atoms. The van der Waals surface area contributed by atoms with Crippen LogP contribution < -0.4 is 4.74 Å². The third-order valence-corrected chi connectivity index (χ3v) is 9.01. The summed E-state index contributed by atoms with van der Waals surface area (Å²) in [5, 5.41) is 0. The molecule has 6 heteroatoms. The number of ether oxygens (including phenoxy) is 2. The first-order chi connectivity index (χ1) is 18.2. The number of carbonyl (C=O) groups excluding carboxylic acids is 4. The smallest absolute Gasteiger partial charge is 0.308 e. The molecule has 0 N–H and O–H groups in total. The maximum absolute atomic E-state index is 13.3. The normalized spacial score (nSPS) is 27.7. The highest BCUT2D eigenvalue weighted by Gasteiger charge is 2.56. The number of hydrogen-bond donors (Lipinski definition) is 0.